The molecular weight excluding hydrogens is 398 g/mol. The van der Waals surface area contributed by atoms with Crippen LogP contribution in [-0.4, -0.2) is 38.3 Å². The Morgan fingerprint density at radius 1 is 1.41 bits per heavy atom. The Hall–Kier alpha value is -3.39. The molecule has 0 aliphatic carbocycles. The maximum atomic E-state index is 11.8. The zero-order valence-corrected chi connectivity index (χ0v) is 17.0. The lowest BCUT2D eigenvalue weighted by Crippen LogP contribution is -2.35. The summed E-state index contributed by atoms with van der Waals surface area (Å²) in [6.07, 6.45) is 1.67. The molecule has 0 bridgehead atoms. The number of hydrogen-bond donors (Lipinski definition) is 2. The second-order valence-corrected chi connectivity index (χ2v) is 7.14. The van der Waals surface area contributed by atoms with E-state index < -0.39 is 22.6 Å². The summed E-state index contributed by atoms with van der Waals surface area (Å²) in [4.78, 5) is 30.7. The highest BCUT2D eigenvalue weighted by Crippen LogP contribution is 2.38. The largest absolute Gasteiger partial charge is 0.480 e. The van der Waals surface area contributed by atoms with Gasteiger partial charge in [-0.25, -0.2) is 4.79 Å². The van der Waals surface area contributed by atoms with Crippen LogP contribution in [0.4, 0.5) is 11.5 Å². The molecule has 29 heavy (non-hydrogen) atoms. The molecule has 0 amide bonds. The molecule has 1 aromatic carbocycles. The van der Waals surface area contributed by atoms with Gasteiger partial charge in [-0.1, -0.05) is 31.7 Å². The summed E-state index contributed by atoms with van der Waals surface area (Å²) in [6.45, 7) is 5.06. The molecule has 0 fully saturated rings. The Kier molecular flexibility index (Phi) is 6.95. The van der Waals surface area contributed by atoms with Crippen LogP contribution >= 0.6 is 11.8 Å². The third-order valence-electron chi connectivity index (χ3n) is 3.95. The maximum Gasteiger partial charge on any atom is 0.373 e. The second kappa shape index (κ2) is 9.20. The van der Waals surface area contributed by atoms with E-state index in [0.717, 1.165) is 11.8 Å². The highest BCUT2D eigenvalue weighted by molar-refractivity contribution is 7.98. The van der Waals surface area contributed by atoms with Gasteiger partial charge in [-0.05, 0) is 36.8 Å². The highest BCUT2D eigenvalue weighted by atomic mass is 32.2. The smallest absolute Gasteiger partial charge is 0.373 e. The minimum atomic E-state index is -1.17. The standard InChI is InChI=1S/C18H19N5O5S/c1-9(2)13(17(24)25)20-15-14(23(26)27)16(22-18(21-15)29-4)28-12-7-11(8-19)6-5-10(12)3/h5-7,9,13H,1-4H3,(H,24,25)(H,20,21,22). The van der Waals surface area contributed by atoms with Crippen molar-refractivity contribution in [3.8, 4) is 17.7 Å². The molecule has 0 aliphatic rings. The van der Waals surface area contributed by atoms with Crippen molar-refractivity contribution < 1.29 is 19.6 Å². The number of aromatic nitrogens is 2. The number of hydrogen-bond acceptors (Lipinski definition) is 9. The van der Waals surface area contributed by atoms with Crippen molar-refractivity contribution in [1.29, 1.82) is 5.26 Å². The number of nitrogens with one attached hydrogen (secondary N) is 1. The zero-order chi connectivity index (χ0) is 21.7. The number of thioether (sulfide) groups is 1. The van der Waals surface area contributed by atoms with Gasteiger partial charge in [0, 0.05) is 0 Å². The maximum absolute atomic E-state index is 11.8. The van der Waals surface area contributed by atoms with Crippen molar-refractivity contribution in [2.75, 3.05) is 11.6 Å². The highest BCUT2D eigenvalue weighted by Gasteiger charge is 2.31. The summed E-state index contributed by atoms with van der Waals surface area (Å²) >= 11 is 1.12. The summed E-state index contributed by atoms with van der Waals surface area (Å²) in [7, 11) is 0. The van der Waals surface area contributed by atoms with E-state index in [1.54, 1.807) is 39.2 Å². The molecule has 0 radical (unpaired) electrons. The number of nitro groups is 1. The molecule has 0 saturated heterocycles. The molecule has 1 aromatic heterocycles. The predicted octanol–water partition coefficient (Wildman–Crippen LogP) is 3.60. The number of aryl methyl sites for hydroxylation is 1. The van der Waals surface area contributed by atoms with E-state index in [4.69, 9.17) is 10.00 Å². The lowest BCUT2D eigenvalue weighted by Gasteiger charge is -2.19. The number of aliphatic carboxylic acids is 1. The molecule has 0 saturated carbocycles. The number of rotatable bonds is 8. The van der Waals surface area contributed by atoms with Crippen LogP contribution in [0.15, 0.2) is 23.4 Å². The lowest BCUT2D eigenvalue weighted by atomic mass is 10.0. The first-order valence-electron chi connectivity index (χ1n) is 8.46. The summed E-state index contributed by atoms with van der Waals surface area (Å²) in [6, 6.07) is 5.56. The van der Waals surface area contributed by atoms with Crippen molar-refractivity contribution in [1.82, 2.24) is 9.97 Å². The normalized spacial score (nSPS) is 11.6. The molecule has 11 heteroatoms. The second-order valence-electron chi connectivity index (χ2n) is 6.37. The summed E-state index contributed by atoms with van der Waals surface area (Å²) in [5.74, 6) is -1.90. The Morgan fingerprint density at radius 2 is 2.10 bits per heavy atom. The molecule has 0 aliphatic heterocycles. The summed E-state index contributed by atoms with van der Waals surface area (Å²) < 4.78 is 5.69. The molecular formula is C18H19N5O5S. The summed E-state index contributed by atoms with van der Waals surface area (Å²) in [5, 5.41) is 33.1. The molecule has 2 rings (SSSR count). The Bertz CT molecular complexity index is 989. The van der Waals surface area contributed by atoms with Crippen LogP contribution in [0.25, 0.3) is 0 Å². The topological polar surface area (TPSA) is 151 Å². The monoisotopic (exact) mass is 417 g/mol. The number of carboxylic acids is 1. The van der Waals surface area contributed by atoms with E-state index in [2.05, 4.69) is 15.3 Å². The number of benzene rings is 1. The Labute approximate surface area is 171 Å². The van der Waals surface area contributed by atoms with Crippen LogP contribution in [0.5, 0.6) is 11.6 Å². The van der Waals surface area contributed by atoms with Crippen molar-refractivity contribution >= 4 is 29.2 Å². The fraction of sp³-hybridized carbons (Fsp3) is 0.333. The lowest BCUT2D eigenvalue weighted by molar-refractivity contribution is -0.385. The molecule has 1 atom stereocenters. The molecule has 0 spiro atoms. The van der Waals surface area contributed by atoms with E-state index in [1.165, 1.54) is 6.07 Å². The van der Waals surface area contributed by atoms with Gasteiger partial charge in [0.1, 0.15) is 11.8 Å². The molecule has 2 aromatic rings. The van der Waals surface area contributed by atoms with Gasteiger partial charge in [-0.2, -0.15) is 15.2 Å². The minimum Gasteiger partial charge on any atom is -0.480 e. The van der Waals surface area contributed by atoms with E-state index in [-0.39, 0.29) is 28.5 Å². The van der Waals surface area contributed by atoms with Crippen LogP contribution in [0.3, 0.4) is 0 Å². The third kappa shape index (κ3) is 5.11. The van der Waals surface area contributed by atoms with E-state index in [1.807, 2.05) is 6.07 Å². The van der Waals surface area contributed by atoms with Crippen LogP contribution < -0.4 is 10.1 Å². The molecule has 2 N–H and O–H groups in total. The van der Waals surface area contributed by atoms with Gasteiger partial charge in [-0.15, -0.1) is 0 Å². The Morgan fingerprint density at radius 3 is 2.62 bits per heavy atom. The average molecular weight is 417 g/mol. The molecule has 1 unspecified atom stereocenters. The van der Waals surface area contributed by atoms with Crippen molar-refractivity contribution in [2.24, 2.45) is 5.92 Å². The fourth-order valence-corrected chi connectivity index (χ4v) is 2.74. The number of ether oxygens (including phenoxy) is 1. The van der Waals surface area contributed by atoms with Crippen molar-refractivity contribution in [2.45, 2.75) is 32.0 Å². The van der Waals surface area contributed by atoms with Gasteiger partial charge < -0.3 is 15.2 Å². The Balaban J connectivity index is 2.62. The van der Waals surface area contributed by atoms with Gasteiger partial charge in [-0.3, -0.25) is 10.1 Å². The van der Waals surface area contributed by atoms with E-state index >= 15 is 0 Å². The first-order chi connectivity index (χ1) is 13.7. The van der Waals surface area contributed by atoms with Gasteiger partial charge in [0.15, 0.2) is 5.16 Å². The summed E-state index contributed by atoms with van der Waals surface area (Å²) in [5.41, 5.74) is 0.371. The molecule has 152 valence electrons. The van der Waals surface area contributed by atoms with Crippen molar-refractivity contribution in [3.63, 3.8) is 0 Å². The van der Waals surface area contributed by atoms with Crippen LogP contribution in [0, 0.1) is 34.3 Å². The number of nitriles is 1. The van der Waals surface area contributed by atoms with E-state index in [0.29, 0.717) is 11.1 Å². The van der Waals surface area contributed by atoms with Crippen LogP contribution in [0.2, 0.25) is 0 Å². The average Bonchev–Trinajstić information content (AvgIpc) is 2.66. The molecule has 10 nitrogen and oxygen atoms in total. The van der Waals surface area contributed by atoms with Gasteiger partial charge in [0.05, 0.1) is 16.6 Å². The SMILES string of the molecule is CSc1nc(NC(C(=O)O)C(C)C)c([N+](=O)[O-])c(Oc2cc(C#N)ccc2C)n1. The fourth-order valence-electron chi connectivity index (χ4n) is 2.39. The van der Waals surface area contributed by atoms with Gasteiger partial charge in [0.2, 0.25) is 5.82 Å². The van der Waals surface area contributed by atoms with Gasteiger partial charge in [0.25, 0.3) is 0 Å². The number of nitrogens with zero attached hydrogens (tertiary/aromatic N) is 4. The first-order valence-corrected chi connectivity index (χ1v) is 9.68. The number of anilines is 1. The predicted molar refractivity (Wildman–Crippen MR) is 106 cm³/mol. The zero-order valence-electron chi connectivity index (χ0n) is 16.2. The van der Waals surface area contributed by atoms with Crippen LogP contribution in [-0.2, 0) is 4.79 Å². The molecule has 1 heterocycles. The quantitative estimate of drug-likeness (QED) is 0.282. The minimum absolute atomic E-state index is 0.162. The first kappa shape index (κ1) is 21.9. The van der Waals surface area contributed by atoms with Crippen molar-refractivity contribution in [3.05, 3.63) is 39.4 Å². The van der Waals surface area contributed by atoms with E-state index in [9.17, 15) is 20.0 Å². The third-order valence-corrected chi connectivity index (χ3v) is 4.49. The number of carboxylic acid groups (broad SMARTS) is 1. The van der Waals surface area contributed by atoms with Crippen LogP contribution in [0.1, 0.15) is 25.0 Å². The van der Waals surface area contributed by atoms with Gasteiger partial charge >= 0.3 is 17.5 Å². The number of carbonyl (C=O) groups is 1.